The van der Waals surface area contributed by atoms with Gasteiger partial charge in [0, 0.05) is 31.9 Å². The highest BCUT2D eigenvalue weighted by Crippen LogP contribution is 2.29. The van der Waals surface area contributed by atoms with E-state index < -0.39 is 5.41 Å². The SMILES string of the molecule is COCC1(C(=O)NC2CCCN(c3ccccc3)C2)COC1. The van der Waals surface area contributed by atoms with E-state index in [-0.39, 0.29) is 11.9 Å². The molecule has 1 amide bonds. The number of carbonyl (C=O) groups is 1. The third kappa shape index (κ3) is 3.10. The van der Waals surface area contributed by atoms with Crippen molar-refractivity contribution in [3.63, 3.8) is 0 Å². The normalized spacial score (nSPS) is 23.7. The van der Waals surface area contributed by atoms with Gasteiger partial charge in [-0.1, -0.05) is 18.2 Å². The molecule has 1 atom stereocenters. The molecule has 0 aliphatic carbocycles. The summed E-state index contributed by atoms with van der Waals surface area (Å²) < 4.78 is 10.4. The number of nitrogens with one attached hydrogen (secondary N) is 1. The number of methoxy groups -OCH3 is 1. The number of para-hydroxylation sites is 1. The van der Waals surface area contributed by atoms with Gasteiger partial charge in [0.05, 0.1) is 19.8 Å². The molecule has 0 bridgehead atoms. The van der Waals surface area contributed by atoms with Crippen molar-refractivity contribution in [1.29, 1.82) is 0 Å². The molecule has 1 N–H and O–H groups in total. The highest BCUT2D eigenvalue weighted by molar-refractivity contribution is 5.84. The van der Waals surface area contributed by atoms with E-state index in [4.69, 9.17) is 9.47 Å². The Balaban J connectivity index is 1.59. The molecule has 1 aromatic rings. The van der Waals surface area contributed by atoms with E-state index in [1.165, 1.54) is 5.69 Å². The minimum absolute atomic E-state index is 0.0699. The first-order valence-corrected chi connectivity index (χ1v) is 7.91. The first-order valence-electron chi connectivity index (χ1n) is 7.91. The van der Waals surface area contributed by atoms with Gasteiger partial charge in [-0.05, 0) is 25.0 Å². The second-order valence-corrected chi connectivity index (χ2v) is 6.30. The Morgan fingerprint density at radius 3 is 2.82 bits per heavy atom. The first kappa shape index (κ1) is 15.3. The molecule has 2 aliphatic heterocycles. The van der Waals surface area contributed by atoms with E-state index in [0.717, 1.165) is 25.9 Å². The maximum atomic E-state index is 12.6. The first-order chi connectivity index (χ1) is 10.7. The van der Waals surface area contributed by atoms with Gasteiger partial charge in [0.1, 0.15) is 5.41 Å². The summed E-state index contributed by atoms with van der Waals surface area (Å²) >= 11 is 0. The molecule has 0 radical (unpaired) electrons. The molecule has 2 saturated heterocycles. The Bertz CT molecular complexity index is 502. The molecule has 120 valence electrons. The van der Waals surface area contributed by atoms with Crippen LogP contribution in [0.5, 0.6) is 0 Å². The van der Waals surface area contributed by atoms with Gasteiger partial charge in [0.15, 0.2) is 0 Å². The average molecular weight is 304 g/mol. The summed E-state index contributed by atoms with van der Waals surface area (Å²) in [5.41, 5.74) is 0.740. The van der Waals surface area contributed by atoms with Gasteiger partial charge in [-0.15, -0.1) is 0 Å². The second-order valence-electron chi connectivity index (χ2n) is 6.30. The number of amides is 1. The van der Waals surface area contributed by atoms with Crippen LogP contribution in [0.1, 0.15) is 12.8 Å². The van der Waals surface area contributed by atoms with Crippen LogP contribution in [-0.4, -0.2) is 52.0 Å². The van der Waals surface area contributed by atoms with Crippen molar-refractivity contribution < 1.29 is 14.3 Å². The molecule has 1 aromatic carbocycles. The molecule has 0 spiro atoms. The van der Waals surface area contributed by atoms with E-state index in [9.17, 15) is 4.79 Å². The molecular weight excluding hydrogens is 280 g/mol. The molecule has 3 rings (SSSR count). The third-order valence-electron chi connectivity index (χ3n) is 4.54. The maximum absolute atomic E-state index is 12.6. The van der Waals surface area contributed by atoms with Crippen LogP contribution in [0.2, 0.25) is 0 Å². The molecule has 22 heavy (non-hydrogen) atoms. The van der Waals surface area contributed by atoms with Crippen LogP contribution in [0, 0.1) is 5.41 Å². The number of benzene rings is 1. The van der Waals surface area contributed by atoms with Crippen LogP contribution in [0.4, 0.5) is 5.69 Å². The Kier molecular flexibility index (Phi) is 4.64. The number of anilines is 1. The summed E-state index contributed by atoms with van der Waals surface area (Å²) in [6, 6.07) is 10.6. The van der Waals surface area contributed by atoms with Crippen molar-refractivity contribution in [2.75, 3.05) is 44.9 Å². The zero-order valence-corrected chi connectivity index (χ0v) is 13.1. The Morgan fingerprint density at radius 1 is 1.41 bits per heavy atom. The van der Waals surface area contributed by atoms with Crippen molar-refractivity contribution in [3.05, 3.63) is 30.3 Å². The zero-order chi connectivity index (χ0) is 15.4. The predicted octanol–water partition coefficient (Wildman–Crippen LogP) is 1.43. The zero-order valence-electron chi connectivity index (χ0n) is 13.1. The molecule has 1 unspecified atom stereocenters. The minimum Gasteiger partial charge on any atom is -0.383 e. The summed E-state index contributed by atoms with van der Waals surface area (Å²) in [4.78, 5) is 14.9. The van der Waals surface area contributed by atoms with Crippen molar-refractivity contribution >= 4 is 11.6 Å². The lowest BCUT2D eigenvalue weighted by Gasteiger charge is -2.41. The Labute approximate surface area is 131 Å². The quantitative estimate of drug-likeness (QED) is 0.894. The summed E-state index contributed by atoms with van der Waals surface area (Å²) in [5, 5.41) is 3.21. The van der Waals surface area contributed by atoms with Crippen molar-refractivity contribution in [2.24, 2.45) is 5.41 Å². The number of nitrogens with zero attached hydrogens (tertiary/aromatic N) is 1. The van der Waals surface area contributed by atoms with Crippen LogP contribution in [0.15, 0.2) is 30.3 Å². The fourth-order valence-electron chi connectivity index (χ4n) is 3.21. The van der Waals surface area contributed by atoms with E-state index in [1.54, 1.807) is 7.11 Å². The van der Waals surface area contributed by atoms with Gasteiger partial charge < -0.3 is 19.7 Å². The van der Waals surface area contributed by atoms with Crippen molar-refractivity contribution in [1.82, 2.24) is 5.32 Å². The lowest BCUT2D eigenvalue weighted by molar-refractivity contribution is -0.173. The van der Waals surface area contributed by atoms with E-state index >= 15 is 0 Å². The highest BCUT2D eigenvalue weighted by atomic mass is 16.5. The fraction of sp³-hybridized carbons (Fsp3) is 0.588. The Hall–Kier alpha value is -1.59. The van der Waals surface area contributed by atoms with E-state index in [0.29, 0.717) is 19.8 Å². The van der Waals surface area contributed by atoms with E-state index in [2.05, 4.69) is 34.5 Å². The number of ether oxygens (including phenoxy) is 2. The van der Waals surface area contributed by atoms with Gasteiger partial charge in [0.2, 0.25) is 5.91 Å². The van der Waals surface area contributed by atoms with Gasteiger partial charge in [-0.25, -0.2) is 0 Å². The van der Waals surface area contributed by atoms with Crippen LogP contribution < -0.4 is 10.2 Å². The lowest BCUT2D eigenvalue weighted by Crippen LogP contribution is -2.60. The molecule has 5 nitrogen and oxygen atoms in total. The second kappa shape index (κ2) is 6.67. The monoisotopic (exact) mass is 304 g/mol. The molecule has 2 heterocycles. The Morgan fingerprint density at radius 2 is 2.18 bits per heavy atom. The van der Waals surface area contributed by atoms with Gasteiger partial charge >= 0.3 is 0 Å². The molecule has 0 aromatic heterocycles. The van der Waals surface area contributed by atoms with Crippen molar-refractivity contribution in [3.8, 4) is 0 Å². The topological polar surface area (TPSA) is 50.8 Å². The standard InChI is InChI=1S/C17H24N2O3/c1-21-11-17(12-22-13-17)16(20)18-14-6-5-9-19(10-14)15-7-3-2-4-8-15/h2-4,7-8,14H,5-6,9-13H2,1H3,(H,18,20). The molecule has 0 saturated carbocycles. The van der Waals surface area contributed by atoms with Gasteiger partial charge in [0.25, 0.3) is 0 Å². The average Bonchev–Trinajstić information content (AvgIpc) is 2.52. The largest absolute Gasteiger partial charge is 0.383 e. The minimum atomic E-state index is -0.482. The fourth-order valence-corrected chi connectivity index (χ4v) is 3.21. The summed E-state index contributed by atoms with van der Waals surface area (Å²) in [6.07, 6.45) is 2.12. The van der Waals surface area contributed by atoms with Gasteiger partial charge in [-0.3, -0.25) is 4.79 Å². The third-order valence-corrected chi connectivity index (χ3v) is 4.54. The maximum Gasteiger partial charge on any atom is 0.233 e. The van der Waals surface area contributed by atoms with Crippen LogP contribution in [0.3, 0.4) is 0 Å². The predicted molar refractivity (Wildman–Crippen MR) is 84.9 cm³/mol. The van der Waals surface area contributed by atoms with Crippen LogP contribution in [-0.2, 0) is 14.3 Å². The summed E-state index contributed by atoms with van der Waals surface area (Å²) in [7, 11) is 1.63. The smallest absolute Gasteiger partial charge is 0.233 e. The van der Waals surface area contributed by atoms with Gasteiger partial charge in [-0.2, -0.15) is 0 Å². The summed E-state index contributed by atoms with van der Waals surface area (Å²) in [5.74, 6) is 0.0699. The number of piperidine rings is 1. The van der Waals surface area contributed by atoms with Crippen molar-refractivity contribution in [2.45, 2.75) is 18.9 Å². The molecular formula is C17H24N2O3. The van der Waals surface area contributed by atoms with Crippen LogP contribution in [0.25, 0.3) is 0 Å². The number of hydrogen-bond acceptors (Lipinski definition) is 4. The highest BCUT2D eigenvalue weighted by Gasteiger charge is 2.46. The molecule has 2 fully saturated rings. The molecule has 5 heteroatoms. The number of rotatable bonds is 5. The van der Waals surface area contributed by atoms with Crippen LogP contribution >= 0.6 is 0 Å². The lowest BCUT2D eigenvalue weighted by atomic mass is 9.85. The molecule has 2 aliphatic rings. The summed E-state index contributed by atoms with van der Waals surface area (Å²) in [6.45, 7) is 3.25. The van der Waals surface area contributed by atoms with E-state index in [1.807, 2.05) is 6.07 Å². The number of carbonyl (C=O) groups excluding carboxylic acids is 1. The number of hydrogen-bond donors (Lipinski definition) is 1.